The molecule has 0 saturated carbocycles. The highest BCUT2D eigenvalue weighted by atomic mass is 32.2. The summed E-state index contributed by atoms with van der Waals surface area (Å²) in [6, 6.07) is 5.23. The van der Waals surface area contributed by atoms with Gasteiger partial charge in [0.15, 0.2) is 21.3 Å². The maximum Gasteiger partial charge on any atom is 0.317 e. The number of likely N-dealkylation sites (tertiary alicyclic amines) is 1. The molecule has 7 nitrogen and oxygen atoms in total. The van der Waals surface area contributed by atoms with Crippen LogP contribution >= 0.6 is 0 Å². The molecule has 1 aromatic carbocycles. The molecule has 8 heteroatoms. The SMILES string of the molecule is CCS(=O)(=O)C1CN(C(=O)NCc2ccc3c(c2)OCO3)C1. The average Bonchev–Trinajstić information content (AvgIpc) is 2.90. The molecule has 3 rings (SSSR count). The summed E-state index contributed by atoms with van der Waals surface area (Å²) in [4.78, 5) is 13.5. The maximum atomic E-state index is 12.0. The van der Waals surface area contributed by atoms with Gasteiger partial charge in [-0.05, 0) is 17.7 Å². The molecule has 1 saturated heterocycles. The highest BCUT2D eigenvalue weighted by Crippen LogP contribution is 2.32. The normalized spacial score (nSPS) is 17.2. The lowest BCUT2D eigenvalue weighted by atomic mass is 10.2. The number of benzene rings is 1. The first-order valence-electron chi connectivity index (χ1n) is 7.12. The quantitative estimate of drug-likeness (QED) is 0.882. The number of fused-ring (bicyclic) bond motifs is 1. The number of ether oxygens (including phenoxy) is 2. The van der Waals surface area contributed by atoms with Crippen LogP contribution < -0.4 is 14.8 Å². The minimum absolute atomic E-state index is 0.115. The van der Waals surface area contributed by atoms with Crippen LogP contribution in [0.1, 0.15) is 12.5 Å². The van der Waals surface area contributed by atoms with Gasteiger partial charge in [-0.3, -0.25) is 0 Å². The third kappa shape index (κ3) is 2.83. The molecular formula is C14H18N2O5S. The van der Waals surface area contributed by atoms with Crippen LogP contribution in [0.3, 0.4) is 0 Å². The molecule has 0 atom stereocenters. The second kappa shape index (κ2) is 5.68. The van der Waals surface area contributed by atoms with E-state index in [9.17, 15) is 13.2 Å². The van der Waals surface area contributed by atoms with E-state index in [1.807, 2.05) is 12.1 Å². The van der Waals surface area contributed by atoms with Gasteiger partial charge in [0.05, 0.1) is 5.25 Å². The van der Waals surface area contributed by atoms with Gasteiger partial charge < -0.3 is 19.7 Å². The number of urea groups is 1. The zero-order valence-electron chi connectivity index (χ0n) is 12.2. The molecular weight excluding hydrogens is 308 g/mol. The van der Waals surface area contributed by atoms with Crippen molar-refractivity contribution in [3.05, 3.63) is 23.8 Å². The van der Waals surface area contributed by atoms with Gasteiger partial charge in [-0.2, -0.15) is 0 Å². The molecule has 0 spiro atoms. The minimum atomic E-state index is -3.05. The molecule has 2 amide bonds. The van der Waals surface area contributed by atoms with Gasteiger partial charge >= 0.3 is 6.03 Å². The van der Waals surface area contributed by atoms with Crippen LogP contribution in [-0.4, -0.2) is 50.2 Å². The number of amides is 2. The zero-order valence-corrected chi connectivity index (χ0v) is 13.1. The Hall–Kier alpha value is -1.96. The molecule has 1 N–H and O–H groups in total. The molecule has 22 heavy (non-hydrogen) atoms. The summed E-state index contributed by atoms with van der Waals surface area (Å²) in [5, 5.41) is 2.36. The average molecular weight is 326 g/mol. The summed E-state index contributed by atoms with van der Waals surface area (Å²) in [6.45, 7) is 2.73. The molecule has 1 fully saturated rings. The Morgan fingerprint density at radius 2 is 2.05 bits per heavy atom. The number of carbonyl (C=O) groups excluding carboxylic acids is 1. The van der Waals surface area contributed by atoms with Crippen molar-refractivity contribution in [3.8, 4) is 11.5 Å². The van der Waals surface area contributed by atoms with Gasteiger partial charge in [0.1, 0.15) is 0 Å². The van der Waals surface area contributed by atoms with Crippen molar-refractivity contribution in [2.24, 2.45) is 0 Å². The van der Waals surface area contributed by atoms with Crippen LogP contribution in [0.5, 0.6) is 11.5 Å². The number of nitrogens with one attached hydrogen (secondary N) is 1. The third-order valence-electron chi connectivity index (χ3n) is 3.93. The fourth-order valence-electron chi connectivity index (χ4n) is 2.41. The van der Waals surface area contributed by atoms with E-state index in [1.54, 1.807) is 13.0 Å². The van der Waals surface area contributed by atoms with Gasteiger partial charge in [-0.15, -0.1) is 0 Å². The van der Waals surface area contributed by atoms with Gasteiger partial charge in [-0.1, -0.05) is 13.0 Å². The maximum absolute atomic E-state index is 12.0. The van der Waals surface area contributed by atoms with E-state index in [1.165, 1.54) is 4.90 Å². The molecule has 0 bridgehead atoms. The summed E-state index contributed by atoms with van der Waals surface area (Å²) in [5.74, 6) is 1.49. The van der Waals surface area contributed by atoms with Gasteiger partial charge in [0.2, 0.25) is 6.79 Å². The Labute approximate surface area is 129 Å². The number of rotatable bonds is 4. The Morgan fingerprint density at radius 3 is 2.77 bits per heavy atom. The van der Waals surface area contributed by atoms with E-state index in [4.69, 9.17) is 9.47 Å². The molecule has 0 aromatic heterocycles. The first-order valence-corrected chi connectivity index (χ1v) is 8.84. The fraction of sp³-hybridized carbons (Fsp3) is 0.500. The number of carbonyl (C=O) groups is 1. The molecule has 2 aliphatic rings. The van der Waals surface area contributed by atoms with E-state index in [0.29, 0.717) is 18.0 Å². The highest BCUT2D eigenvalue weighted by molar-refractivity contribution is 7.92. The number of hydrogen-bond acceptors (Lipinski definition) is 5. The Morgan fingerprint density at radius 1 is 1.32 bits per heavy atom. The van der Waals surface area contributed by atoms with Gasteiger partial charge in [0, 0.05) is 25.4 Å². The summed E-state index contributed by atoms with van der Waals surface area (Å²) < 4.78 is 33.8. The third-order valence-corrected chi connectivity index (χ3v) is 6.04. The molecule has 1 aromatic rings. The molecule has 0 unspecified atom stereocenters. The predicted molar refractivity (Wildman–Crippen MR) is 79.6 cm³/mol. The smallest absolute Gasteiger partial charge is 0.317 e. The van der Waals surface area contributed by atoms with Crippen molar-refractivity contribution >= 4 is 15.9 Å². The van der Waals surface area contributed by atoms with Crippen LogP contribution in [0.4, 0.5) is 4.79 Å². The summed E-state index contributed by atoms with van der Waals surface area (Å²) >= 11 is 0. The number of hydrogen-bond donors (Lipinski definition) is 1. The Balaban J connectivity index is 1.50. The molecule has 0 aliphatic carbocycles. The minimum Gasteiger partial charge on any atom is -0.454 e. The largest absolute Gasteiger partial charge is 0.454 e. The van der Waals surface area contributed by atoms with Crippen LogP contribution in [-0.2, 0) is 16.4 Å². The monoisotopic (exact) mass is 326 g/mol. The van der Waals surface area contributed by atoms with Crippen LogP contribution in [0.25, 0.3) is 0 Å². The van der Waals surface area contributed by atoms with Crippen molar-refractivity contribution in [1.82, 2.24) is 10.2 Å². The zero-order chi connectivity index (χ0) is 15.7. The molecule has 2 aliphatic heterocycles. The van der Waals surface area contributed by atoms with Gasteiger partial charge in [0.25, 0.3) is 0 Å². The van der Waals surface area contributed by atoms with Crippen molar-refractivity contribution < 1.29 is 22.7 Å². The Bertz CT molecular complexity index is 682. The van der Waals surface area contributed by atoms with E-state index in [0.717, 1.165) is 5.56 Å². The molecule has 2 heterocycles. The van der Waals surface area contributed by atoms with Crippen LogP contribution in [0, 0.1) is 0 Å². The first-order chi connectivity index (χ1) is 10.5. The van der Waals surface area contributed by atoms with E-state index < -0.39 is 15.1 Å². The lowest BCUT2D eigenvalue weighted by Gasteiger charge is -2.38. The van der Waals surface area contributed by atoms with E-state index >= 15 is 0 Å². The highest BCUT2D eigenvalue weighted by Gasteiger charge is 2.38. The van der Waals surface area contributed by atoms with E-state index in [-0.39, 0.29) is 31.7 Å². The standard InChI is InChI=1S/C14H18N2O5S/c1-2-22(18,19)11-7-16(8-11)14(17)15-6-10-3-4-12-13(5-10)21-9-20-12/h3-5,11H,2,6-9H2,1H3,(H,15,17). The predicted octanol–water partition coefficient (Wildman–Crippen LogP) is 0.744. The second-order valence-corrected chi connectivity index (χ2v) is 7.89. The molecule has 0 radical (unpaired) electrons. The van der Waals surface area contributed by atoms with Crippen LogP contribution in [0.2, 0.25) is 0 Å². The molecule has 120 valence electrons. The summed E-state index contributed by atoms with van der Waals surface area (Å²) in [7, 11) is -3.05. The summed E-state index contributed by atoms with van der Waals surface area (Å²) in [5.41, 5.74) is 0.899. The van der Waals surface area contributed by atoms with Gasteiger partial charge in [-0.25, -0.2) is 13.2 Å². The van der Waals surface area contributed by atoms with Crippen molar-refractivity contribution in [2.45, 2.75) is 18.7 Å². The topological polar surface area (TPSA) is 84.9 Å². The van der Waals surface area contributed by atoms with E-state index in [2.05, 4.69) is 5.32 Å². The van der Waals surface area contributed by atoms with Crippen molar-refractivity contribution in [2.75, 3.05) is 25.6 Å². The van der Waals surface area contributed by atoms with Crippen molar-refractivity contribution in [1.29, 1.82) is 0 Å². The lowest BCUT2D eigenvalue weighted by Crippen LogP contribution is -2.59. The van der Waals surface area contributed by atoms with Crippen LogP contribution in [0.15, 0.2) is 18.2 Å². The Kier molecular flexibility index (Phi) is 3.86. The second-order valence-electron chi connectivity index (χ2n) is 5.32. The summed E-state index contributed by atoms with van der Waals surface area (Å²) in [6.07, 6.45) is 0. The number of nitrogens with zero attached hydrogens (tertiary/aromatic N) is 1. The van der Waals surface area contributed by atoms with Crippen molar-refractivity contribution in [3.63, 3.8) is 0 Å². The fourth-order valence-corrected chi connectivity index (χ4v) is 3.69. The first kappa shape index (κ1) is 15.0. The lowest BCUT2D eigenvalue weighted by molar-refractivity contribution is 0.168. The number of sulfone groups is 1.